The van der Waals surface area contributed by atoms with Crippen molar-refractivity contribution in [1.82, 2.24) is 19.4 Å². The Morgan fingerprint density at radius 2 is 1.60 bits per heavy atom. The number of hydrogen-bond donors (Lipinski definition) is 2. The molecule has 0 aliphatic carbocycles. The average molecular weight is 471 g/mol. The quantitative estimate of drug-likeness (QED) is 0.472. The number of aryl methyl sites for hydroxylation is 1. The fourth-order valence-electron chi connectivity index (χ4n) is 5.59. The highest BCUT2D eigenvalue weighted by Crippen LogP contribution is 2.40. The molecule has 7 heteroatoms. The van der Waals surface area contributed by atoms with Gasteiger partial charge in [0.05, 0.1) is 18.3 Å². The van der Waals surface area contributed by atoms with Gasteiger partial charge in [-0.15, -0.1) is 0 Å². The van der Waals surface area contributed by atoms with Gasteiger partial charge in [0.15, 0.2) is 6.23 Å². The molecule has 6 rings (SSSR count). The first-order valence-electron chi connectivity index (χ1n) is 12.2. The molecule has 2 aromatic heterocycles. The van der Waals surface area contributed by atoms with Crippen molar-refractivity contribution in [3.8, 4) is 0 Å². The molecule has 7 nitrogen and oxygen atoms in total. The molecule has 2 N–H and O–H groups in total. The van der Waals surface area contributed by atoms with Crippen LogP contribution >= 0.6 is 0 Å². The second kappa shape index (κ2) is 8.68. The molecule has 0 spiro atoms. The number of aromatic nitrogens is 2. The minimum Gasteiger partial charge on any atom is -0.375 e. The van der Waals surface area contributed by atoms with Crippen molar-refractivity contribution in [1.29, 1.82) is 0 Å². The zero-order valence-electron chi connectivity index (χ0n) is 20.1. The minimum absolute atomic E-state index is 0.0882. The van der Waals surface area contributed by atoms with Gasteiger partial charge in [0.2, 0.25) is 0 Å². The topological polar surface area (TPSA) is 71.7 Å². The number of benzene rings is 2. The summed E-state index contributed by atoms with van der Waals surface area (Å²) >= 11 is 0. The fourth-order valence-corrected chi connectivity index (χ4v) is 5.59. The molecule has 4 heterocycles. The number of carbonyl (C=O) groups excluding carboxylic acids is 1. The number of rotatable bonds is 2. The molecule has 4 bridgehead atoms. The van der Waals surface area contributed by atoms with E-state index >= 15 is 0 Å². The maximum absolute atomic E-state index is 13.3. The summed E-state index contributed by atoms with van der Waals surface area (Å²) in [5, 5.41) is 15.8. The van der Waals surface area contributed by atoms with Gasteiger partial charge in [-0.1, -0.05) is 36.4 Å². The number of para-hydroxylation sites is 2. The zero-order chi connectivity index (χ0) is 24.1. The van der Waals surface area contributed by atoms with E-state index < -0.39 is 6.23 Å². The summed E-state index contributed by atoms with van der Waals surface area (Å²) in [4.78, 5) is 15.4. The number of nitrogens with zero attached hydrogens (tertiary/aromatic N) is 3. The van der Waals surface area contributed by atoms with Crippen LogP contribution in [0.1, 0.15) is 17.5 Å². The van der Waals surface area contributed by atoms with Crippen LogP contribution in [0.5, 0.6) is 0 Å². The molecule has 4 aromatic rings. The molecule has 180 valence electrons. The Labute approximate surface area is 204 Å². The molecule has 35 heavy (non-hydrogen) atoms. The van der Waals surface area contributed by atoms with E-state index in [1.807, 2.05) is 24.3 Å². The number of carbonyl (C=O) groups is 1. The van der Waals surface area contributed by atoms with E-state index in [4.69, 9.17) is 4.74 Å². The van der Waals surface area contributed by atoms with Crippen LogP contribution in [-0.4, -0.2) is 64.6 Å². The summed E-state index contributed by atoms with van der Waals surface area (Å²) < 4.78 is 10.8. The number of hydrogen-bond acceptors (Lipinski definition) is 4. The highest BCUT2D eigenvalue weighted by Gasteiger charge is 2.35. The van der Waals surface area contributed by atoms with Crippen LogP contribution in [0.3, 0.4) is 0 Å². The number of nitrogens with one attached hydrogen (secondary N) is 1. The molecule has 2 aliphatic heterocycles. The van der Waals surface area contributed by atoms with E-state index in [9.17, 15) is 9.90 Å². The predicted octanol–water partition coefficient (Wildman–Crippen LogP) is 3.31. The first-order valence-corrected chi connectivity index (χ1v) is 12.2. The number of amides is 1. The van der Waals surface area contributed by atoms with Gasteiger partial charge in [-0.2, -0.15) is 0 Å². The number of ether oxygens (including phenoxy) is 1. The van der Waals surface area contributed by atoms with Crippen LogP contribution in [0.2, 0.25) is 0 Å². The van der Waals surface area contributed by atoms with Crippen molar-refractivity contribution in [2.75, 3.05) is 27.2 Å². The van der Waals surface area contributed by atoms with Gasteiger partial charge in [0.1, 0.15) is 0 Å². The fraction of sp³-hybridized carbons (Fsp3) is 0.321. The summed E-state index contributed by atoms with van der Waals surface area (Å²) in [6.45, 7) is 2.89. The Kier molecular flexibility index (Phi) is 5.48. The standard InChI is InChI=1S/C28H30N4O3/c1-30(2)15-18-11-12-31-16-21(19-7-3-5-9-23(19)31)25-26(28(34)29-27(25)33)22-17-32(13-14-35-18)24-10-6-4-8-20(22)24/h3-10,16-18,28,34H,11-15H2,1-2H3,(H,29,33). The van der Waals surface area contributed by atoms with Crippen LogP contribution in [0.25, 0.3) is 33.0 Å². The van der Waals surface area contributed by atoms with Gasteiger partial charge in [0, 0.05) is 70.5 Å². The van der Waals surface area contributed by atoms with Crippen molar-refractivity contribution in [3.63, 3.8) is 0 Å². The number of fused-ring (bicyclic) bond motifs is 12. The lowest BCUT2D eigenvalue weighted by atomic mass is 9.95. The average Bonchev–Trinajstić information content (AvgIpc) is 3.47. The van der Waals surface area contributed by atoms with E-state index in [1.165, 1.54) is 0 Å². The van der Waals surface area contributed by atoms with Crippen LogP contribution in [-0.2, 0) is 22.6 Å². The number of aliphatic hydroxyl groups excluding tert-OH is 1. The van der Waals surface area contributed by atoms with Crippen LogP contribution < -0.4 is 5.32 Å². The lowest BCUT2D eigenvalue weighted by Gasteiger charge is -2.22. The van der Waals surface area contributed by atoms with Gasteiger partial charge in [-0.05, 0) is 32.6 Å². The number of likely N-dealkylation sites (N-methyl/N-ethyl adjacent to an activating group) is 1. The molecule has 2 atom stereocenters. The SMILES string of the molecule is CN(C)CC1CCn2cc(c3ccccc32)C2=C(c3cn(c4ccccc34)CCO1)C(O)NC2=O. The van der Waals surface area contributed by atoms with E-state index in [2.05, 4.69) is 70.1 Å². The van der Waals surface area contributed by atoms with Gasteiger partial charge in [0.25, 0.3) is 5.91 Å². The Morgan fingerprint density at radius 1 is 0.971 bits per heavy atom. The van der Waals surface area contributed by atoms with Crippen molar-refractivity contribution in [2.45, 2.75) is 31.8 Å². The molecule has 2 unspecified atom stereocenters. The van der Waals surface area contributed by atoms with Crippen molar-refractivity contribution in [3.05, 3.63) is 72.1 Å². The monoisotopic (exact) mass is 470 g/mol. The van der Waals surface area contributed by atoms with Crippen LogP contribution in [0, 0.1) is 0 Å². The van der Waals surface area contributed by atoms with Gasteiger partial charge in [-0.25, -0.2) is 0 Å². The van der Waals surface area contributed by atoms with E-state index in [-0.39, 0.29) is 12.0 Å². The summed E-state index contributed by atoms with van der Waals surface area (Å²) in [7, 11) is 4.14. The van der Waals surface area contributed by atoms with Gasteiger partial charge in [-0.3, -0.25) is 4.79 Å². The maximum atomic E-state index is 13.3. The Morgan fingerprint density at radius 3 is 2.31 bits per heavy atom. The summed E-state index contributed by atoms with van der Waals surface area (Å²) in [5.74, 6) is -0.242. The van der Waals surface area contributed by atoms with E-state index in [1.54, 1.807) is 0 Å². The predicted molar refractivity (Wildman–Crippen MR) is 138 cm³/mol. The molecular weight excluding hydrogens is 440 g/mol. The van der Waals surface area contributed by atoms with Gasteiger partial charge < -0.3 is 29.2 Å². The normalized spacial score (nSPS) is 21.0. The third-order valence-electron chi connectivity index (χ3n) is 7.12. The van der Waals surface area contributed by atoms with Crippen molar-refractivity contribution >= 4 is 38.9 Å². The van der Waals surface area contributed by atoms with Crippen molar-refractivity contribution in [2.24, 2.45) is 0 Å². The highest BCUT2D eigenvalue weighted by molar-refractivity contribution is 6.33. The Balaban J connectivity index is 1.61. The third-order valence-corrected chi connectivity index (χ3v) is 7.12. The lowest BCUT2D eigenvalue weighted by molar-refractivity contribution is -0.116. The molecule has 2 aliphatic rings. The summed E-state index contributed by atoms with van der Waals surface area (Å²) in [5.41, 5.74) is 5.05. The zero-order valence-corrected chi connectivity index (χ0v) is 20.1. The molecule has 0 saturated heterocycles. The first-order chi connectivity index (χ1) is 17.0. The Bertz CT molecular complexity index is 1460. The maximum Gasteiger partial charge on any atom is 0.254 e. The Hall–Kier alpha value is -3.39. The smallest absolute Gasteiger partial charge is 0.254 e. The van der Waals surface area contributed by atoms with Gasteiger partial charge >= 0.3 is 0 Å². The summed E-state index contributed by atoms with van der Waals surface area (Å²) in [6, 6.07) is 16.3. The second-order valence-electron chi connectivity index (χ2n) is 9.72. The molecule has 0 fully saturated rings. The largest absolute Gasteiger partial charge is 0.375 e. The van der Waals surface area contributed by atoms with E-state index in [0.717, 1.165) is 52.4 Å². The molecular formula is C28H30N4O3. The first kappa shape index (κ1) is 22.1. The molecule has 1 amide bonds. The minimum atomic E-state index is -1.06. The highest BCUT2D eigenvalue weighted by atomic mass is 16.5. The number of aliphatic hydroxyl groups is 1. The molecule has 0 saturated carbocycles. The second-order valence-corrected chi connectivity index (χ2v) is 9.72. The van der Waals surface area contributed by atoms with E-state index in [0.29, 0.717) is 24.3 Å². The van der Waals surface area contributed by atoms with Crippen LogP contribution in [0.4, 0.5) is 0 Å². The van der Waals surface area contributed by atoms with Crippen LogP contribution in [0.15, 0.2) is 60.9 Å². The third kappa shape index (κ3) is 3.76. The van der Waals surface area contributed by atoms with Crippen molar-refractivity contribution < 1.29 is 14.6 Å². The summed E-state index contributed by atoms with van der Waals surface area (Å²) in [6.07, 6.45) is 4.00. The molecule has 0 radical (unpaired) electrons. The molecule has 2 aromatic carbocycles. The lowest BCUT2D eigenvalue weighted by Crippen LogP contribution is -2.30.